The molecule has 2 aromatic carbocycles. The second-order valence-electron chi connectivity index (χ2n) is 11.3. The Balaban J connectivity index is 1.51. The number of hydrogen-bond donors (Lipinski definition) is 5. The van der Waals surface area contributed by atoms with Crippen molar-refractivity contribution >= 4 is 28.5 Å². The summed E-state index contributed by atoms with van der Waals surface area (Å²) in [5.41, 5.74) is 15.1. The molecular formula is C33H43ClFN7O2. The van der Waals surface area contributed by atoms with Crippen molar-refractivity contribution in [3.8, 4) is 16.9 Å². The molecule has 2 heterocycles. The van der Waals surface area contributed by atoms with Crippen LogP contribution >= 0.6 is 11.6 Å². The fourth-order valence-corrected chi connectivity index (χ4v) is 5.49. The molecule has 0 aliphatic heterocycles. The molecule has 0 amide bonds. The summed E-state index contributed by atoms with van der Waals surface area (Å²) in [4.78, 5) is 24.6. The molecule has 236 valence electrons. The Hall–Kier alpha value is -3.57. The van der Waals surface area contributed by atoms with Gasteiger partial charge in [0.2, 0.25) is 0 Å². The first kappa shape index (κ1) is 33.3. The Kier molecular flexibility index (Phi) is 12.1. The molecule has 9 nitrogen and oxygen atoms in total. The molecule has 44 heavy (non-hydrogen) atoms. The van der Waals surface area contributed by atoms with Crippen LogP contribution in [0.1, 0.15) is 69.5 Å². The van der Waals surface area contributed by atoms with Gasteiger partial charge >= 0.3 is 5.69 Å². The molecule has 0 aliphatic rings. The molecule has 0 bridgehead atoms. The number of aromatic nitrogens is 3. The quantitative estimate of drug-likeness (QED) is 0.0641. The fraction of sp³-hybridized carbons (Fsp3) is 0.424. The Morgan fingerprint density at radius 1 is 1.20 bits per heavy atom. The summed E-state index contributed by atoms with van der Waals surface area (Å²) in [6.07, 6.45) is 7.39. The van der Waals surface area contributed by atoms with Crippen LogP contribution in [0.4, 0.5) is 4.39 Å². The Morgan fingerprint density at radius 3 is 2.68 bits per heavy atom. The third-order valence-corrected chi connectivity index (χ3v) is 7.85. The van der Waals surface area contributed by atoms with Crippen LogP contribution in [-0.2, 0) is 6.42 Å². The van der Waals surface area contributed by atoms with E-state index in [1.54, 1.807) is 24.4 Å². The standard InChI is InChI=1S/C33H43ClFN7O2/c1-3-6-28(38-14-5-15-39-30(37)13-16-43)23-9-11-25(12-10-23)42-20-24-19-29(40-32(24)41-33(42)44)26-17-22(8-4-7-21(2)36)18-27(34)31(26)35/h9-12,17-21,28,38,43H,3-8,13-16,36H2,1-2H3,(H2,37,39)(H,40,41,44). The highest BCUT2D eigenvalue weighted by Gasteiger charge is 2.16. The predicted molar refractivity (Wildman–Crippen MR) is 177 cm³/mol. The van der Waals surface area contributed by atoms with E-state index in [0.717, 1.165) is 56.2 Å². The lowest BCUT2D eigenvalue weighted by Gasteiger charge is -2.19. The van der Waals surface area contributed by atoms with Crippen LogP contribution in [0.15, 0.2) is 58.4 Å². The van der Waals surface area contributed by atoms with Crippen molar-refractivity contribution in [1.82, 2.24) is 19.9 Å². The number of benzene rings is 2. The lowest BCUT2D eigenvalue weighted by molar-refractivity contribution is 0.306. The van der Waals surface area contributed by atoms with Gasteiger partial charge in [0.25, 0.3) is 0 Å². The van der Waals surface area contributed by atoms with Crippen molar-refractivity contribution < 1.29 is 9.50 Å². The van der Waals surface area contributed by atoms with Crippen LogP contribution in [0.2, 0.25) is 5.02 Å². The molecule has 4 rings (SSSR count). The van der Waals surface area contributed by atoms with E-state index in [4.69, 9.17) is 28.2 Å². The zero-order chi connectivity index (χ0) is 31.6. The Bertz CT molecular complexity index is 1620. The van der Waals surface area contributed by atoms with Gasteiger partial charge in [0, 0.05) is 42.2 Å². The van der Waals surface area contributed by atoms with Crippen molar-refractivity contribution in [3.05, 3.63) is 81.1 Å². The average molecular weight is 624 g/mol. The van der Waals surface area contributed by atoms with Crippen LogP contribution in [-0.4, -0.2) is 51.2 Å². The molecule has 2 aromatic heterocycles. The van der Waals surface area contributed by atoms with Gasteiger partial charge in [-0.3, -0.25) is 9.56 Å². The van der Waals surface area contributed by atoms with Crippen LogP contribution in [0, 0.1) is 5.82 Å². The molecule has 0 fully saturated rings. The molecule has 0 spiro atoms. The SMILES string of the molecule is CCCC(NCCCN=C(N)CCO)c1ccc(-n2cc3cc(-c4cc(CCCC(C)N)cc(Cl)c4F)[nH]c3nc2=O)cc1. The summed E-state index contributed by atoms with van der Waals surface area (Å²) in [5.74, 6) is -0.0460. The molecule has 0 saturated carbocycles. The number of aromatic amines is 1. The van der Waals surface area contributed by atoms with E-state index in [1.165, 1.54) is 4.57 Å². The van der Waals surface area contributed by atoms with Gasteiger partial charge in [-0.1, -0.05) is 37.1 Å². The second-order valence-corrected chi connectivity index (χ2v) is 11.7. The topological polar surface area (TPSA) is 147 Å². The number of aliphatic hydroxyl groups is 1. The van der Waals surface area contributed by atoms with E-state index >= 15 is 4.39 Å². The van der Waals surface area contributed by atoms with Gasteiger partial charge in [-0.05, 0) is 87.0 Å². The number of fused-ring (bicyclic) bond motifs is 1. The molecule has 7 N–H and O–H groups in total. The number of aliphatic imine (C=N–C) groups is 1. The minimum atomic E-state index is -0.520. The predicted octanol–water partition coefficient (Wildman–Crippen LogP) is 5.40. The number of aliphatic hydroxyl groups excluding tert-OH is 1. The van der Waals surface area contributed by atoms with Gasteiger partial charge in [-0.15, -0.1) is 0 Å². The van der Waals surface area contributed by atoms with Crippen molar-refractivity contribution in [2.24, 2.45) is 16.5 Å². The number of nitrogens with one attached hydrogen (secondary N) is 2. The third kappa shape index (κ3) is 8.75. The van der Waals surface area contributed by atoms with E-state index in [0.29, 0.717) is 46.8 Å². The van der Waals surface area contributed by atoms with E-state index in [2.05, 4.69) is 27.2 Å². The van der Waals surface area contributed by atoms with Gasteiger partial charge in [-0.2, -0.15) is 4.98 Å². The molecule has 2 unspecified atom stereocenters. The van der Waals surface area contributed by atoms with Crippen LogP contribution in [0.5, 0.6) is 0 Å². The van der Waals surface area contributed by atoms with Crippen molar-refractivity contribution in [2.75, 3.05) is 19.7 Å². The number of amidine groups is 1. The lowest BCUT2D eigenvalue weighted by atomic mass is 10.0. The third-order valence-electron chi connectivity index (χ3n) is 7.57. The van der Waals surface area contributed by atoms with Crippen LogP contribution in [0.25, 0.3) is 28.0 Å². The second kappa shape index (κ2) is 15.9. The van der Waals surface area contributed by atoms with Gasteiger partial charge in [0.05, 0.1) is 28.8 Å². The highest BCUT2D eigenvalue weighted by atomic mass is 35.5. The van der Waals surface area contributed by atoms with E-state index in [1.807, 2.05) is 31.2 Å². The minimum absolute atomic E-state index is 0.00394. The molecular weight excluding hydrogens is 581 g/mol. The first-order chi connectivity index (χ1) is 21.2. The first-order valence-corrected chi connectivity index (χ1v) is 15.7. The number of H-pyrrole nitrogens is 1. The van der Waals surface area contributed by atoms with Crippen LogP contribution < -0.4 is 22.5 Å². The highest BCUT2D eigenvalue weighted by Crippen LogP contribution is 2.31. The van der Waals surface area contributed by atoms with Gasteiger partial charge in [0.1, 0.15) is 5.65 Å². The maximum Gasteiger partial charge on any atom is 0.354 e. The van der Waals surface area contributed by atoms with Gasteiger partial charge in [0.15, 0.2) is 5.82 Å². The molecule has 2 atom stereocenters. The Morgan fingerprint density at radius 2 is 1.98 bits per heavy atom. The highest BCUT2D eigenvalue weighted by molar-refractivity contribution is 6.31. The van der Waals surface area contributed by atoms with Gasteiger partial charge < -0.3 is 26.9 Å². The van der Waals surface area contributed by atoms with Crippen molar-refractivity contribution in [3.63, 3.8) is 0 Å². The molecule has 0 radical (unpaired) electrons. The summed E-state index contributed by atoms with van der Waals surface area (Å²) in [6, 6.07) is 13.4. The molecule has 0 aliphatic carbocycles. The average Bonchev–Trinajstić information content (AvgIpc) is 3.40. The maximum atomic E-state index is 15.1. The zero-order valence-electron chi connectivity index (χ0n) is 25.5. The summed E-state index contributed by atoms with van der Waals surface area (Å²) >= 11 is 6.25. The number of rotatable bonds is 16. The van der Waals surface area contributed by atoms with E-state index in [9.17, 15) is 4.79 Å². The largest absolute Gasteiger partial charge is 0.396 e. The maximum absolute atomic E-state index is 15.1. The smallest absolute Gasteiger partial charge is 0.354 e. The number of hydrogen-bond acceptors (Lipinski definition) is 6. The number of halogens is 2. The van der Waals surface area contributed by atoms with Crippen molar-refractivity contribution in [1.29, 1.82) is 0 Å². The first-order valence-electron chi connectivity index (χ1n) is 15.3. The van der Waals surface area contributed by atoms with Crippen LogP contribution in [0.3, 0.4) is 0 Å². The number of nitrogens with zero attached hydrogens (tertiary/aromatic N) is 3. The summed E-state index contributed by atoms with van der Waals surface area (Å²) in [5, 5.41) is 13.3. The Labute approximate surface area is 262 Å². The fourth-order valence-electron chi connectivity index (χ4n) is 5.25. The molecule has 11 heteroatoms. The van der Waals surface area contributed by atoms with E-state index < -0.39 is 11.5 Å². The molecule has 0 saturated heterocycles. The zero-order valence-corrected chi connectivity index (χ0v) is 26.2. The number of aryl methyl sites for hydroxylation is 1. The van der Waals surface area contributed by atoms with Gasteiger partial charge in [-0.25, -0.2) is 9.18 Å². The number of nitrogens with two attached hydrogens (primary N) is 2. The van der Waals surface area contributed by atoms with E-state index in [-0.39, 0.29) is 23.7 Å². The lowest BCUT2D eigenvalue weighted by Crippen LogP contribution is -2.24. The van der Waals surface area contributed by atoms with Crippen molar-refractivity contribution in [2.45, 2.75) is 70.9 Å². The normalized spacial score (nSPS) is 13.5. The summed E-state index contributed by atoms with van der Waals surface area (Å²) in [7, 11) is 0. The monoisotopic (exact) mass is 623 g/mol. The minimum Gasteiger partial charge on any atom is -0.396 e. The molecule has 4 aromatic rings. The summed E-state index contributed by atoms with van der Waals surface area (Å²) < 4.78 is 16.6. The summed E-state index contributed by atoms with van der Waals surface area (Å²) in [6.45, 7) is 5.50.